The van der Waals surface area contributed by atoms with Crippen LogP contribution < -0.4 is 37.1 Å². The van der Waals surface area contributed by atoms with Gasteiger partial charge < -0.3 is 54.9 Å². The molecule has 0 bridgehead atoms. The zero-order valence-electron chi connectivity index (χ0n) is 53.8. The molecule has 2 saturated carbocycles. The van der Waals surface area contributed by atoms with E-state index in [1.165, 1.54) is 44.9 Å². The van der Waals surface area contributed by atoms with E-state index in [1.54, 1.807) is 7.05 Å². The van der Waals surface area contributed by atoms with Crippen LogP contribution in [0.1, 0.15) is 168 Å². The first-order chi connectivity index (χ1) is 42.1. The maximum Gasteiger partial charge on any atom is 0.396 e. The third kappa shape index (κ3) is 26.1. The van der Waals surface area contributed by atoms with Crippen molar-refractivity contribution in [3.63, 3.8) is 0 Å². The van der Waals surface area contributed by atoms with Gasteiger partial charge in [-0.05, 0) is 127 Å². The van der Waals surface area contributed by atoms with Crippen molar-refractivity contribution >= 4 is 68.9 Å². The molecule has 6 rings (SSSR count). The first-order valence-corrected chi connectivity index (χ1v) is 31.3. The zero-order chi connectivity index (χ0) is 64.1. The number of fused-ring (bicyclic) bond motifs is 2. The van der Waals surface area contributed by atoms with E-state index in [0.29, 0.717) is 43.0 Å². The Morgan fingerprint density at radius 2 is 1.17 bits per heavy atom. The van der Waals surface area contributed by atoms with E-state index in [1.807, 2.05) is 27.2 Å². The van der Waals surface area contributed by atoms with E-state index < -0.39 is 29.9 Å². The quantitative estimate of drug-likeness (QED) is 0.0241. The predicted octanol–water partition coefficient (Wildman–Crippen LogP) is 7.26. The Morgan fingerprint density at radius 3 is 1.65 bits per heavy atom. The molecular formula is C65H98B2N10O11. The number of methoxy groups -OCH3 is 1. The number of hydrogen-bond donors (Lipinski definition) is 7. The molecule has 2 heterocycles. The normalized spacial score (nSPS) is 19.1. The molecule has 7 N–H and O–H groups in total. The predicted molar refractivity (Wildman–Crippen MR) is 343 cm³/mol. The fraction of sp³-hybridized carbons (Fsp3) is 0.615. The van der Waals surface area contributed by atoms with Gasteiger partial charge in [-0.15, -0.1) is 0 Å². The van der Waals surface area contributed by atoms with Crippen LogP contribution in [0.4, 0.5) is 4.79 Å². The lowest BCUT2D eigenvalue weighted by Gasteiger charge is -2.30. The molecule has 2 radical (unpaired) electrons. The molecule has 4 aliphatic rings. The molecule has 88 heavy (non-hydrogen) atoms. The van der Waals surface area contributed by atoms with Crippen LogP contribution in [0.25, 0.3) is 0 Å². The average Bonchev–Trinajstić information content (AvgIpc) is 2.35. The molecule has 0 aromatic heterocycles. The number of aldehydes is 1. The van der Waals surface area contributed by atoms with Gasteiger partial charge in [0, 0.05) is 76.5 Å². The van der Waals surface area contributed by atoms with E-state index in [4.69, 9.17) is 18.9 Å². The SMILES string of the molecule is CC(C)C(CC=O)C(=O)N(C)CCC(=O)NC(COCCC(=O)N[B]NC=O)COCCC(=O)N[B]NC(=O)OC1CCCC2C(=CNN=C2c2ccc(CC(C)(C)C)cc2)CC1.COC1CCCC2C(=CNN=C2c2ccc(CC(C)(C)C)cc2)CC1. The molecule has 21 nitrogen and oxygen atoms in total. The first-order valence-electron chi connectivity index (χ1n) is 31.3. The molecule has 6 atom stereocenters. The van der Waals surface area contributed by atoms with Gasteiger partial charge >= 0.3 is 21.2 Å². The van der Waals surface area contributed by atoms with Crippen LogP contribution in [0.2, 0.25) is 0 Å². The lowest BCUT2D eigenvalue weighted by molar-refractivity contribution is -0.137. The third-order valence-electron chi connectivity index (χ3n) is 15.8. The maximum absolute atomic E-state index is 12.9. The van der Waals surface area contributed by atoms with Crippen molar-refractivity contribution < 1.29 is 52.5 Å². The van der Waals surface area contributed by atoms with Gasteiger partial charge in [-0.25, -0.2) is 4.79 Å². The Balaban J connectivity index is 0.000000464. The van der Waals surface area contributed by atoms with E-state index in [2.05, 4.69) is 144 Å². The summed E-state index contributed by atoms with van der Waals surface area (Å²) in [5.74, 6) is -1.33. The minimum atomic E-state index is -0.676. The van der Waals surface area contributed by atoms with Crippen molar-refractivity contribution in [1.82, 2.24) is 42.0 Å². The minimum Gasteiger partial charge on any atom is -0.447 e. The molecule has 23 heteroatoms. The Hall–Kier alpha value is -6.84. The first kappa shape index (κ1) is 71.9. The highest BCUT2D eigenvalue weighted by Gasteiger charge is 2.31. The van der Waals surface area contributed by atoms with E-state index in [0.717, 1.165) is 84.2 Å². The zero-order valence-corrected chi connectivity index (χ0v) is 53.8. The molecule has 2 aromatic carbocycles. The standard InChI is InChI=1S/C43H66B2N8O10.C22H32N2O/c1-29(2)35(17-21-54)41(59)53(6)20-16-37(56)48-33(26-61-22-18-38(57)49-44-46-28-55)27-62-23-19-39(58)50-45-51-42(60)63-34-8-7-9-36-32(14-15-34)25-47-52-40(36)31-12-10-30(11-13-31)24-43(3,4)5;1-22(2,3)14-16-8-10-17(11-9-16)21-20-7-5-6-19(25-4)13-12-18(20)15-23-24-21/h10-13,21,25,28-29,33-36,47H,7-9,14-20,22-24,26-27H2,1-6H3,(H,46,55)(H,48,56)(H,49,57)(H,50,58)(H,51,60);8-11,15,19-20,23H,5-7,12-14H2,1-4H3. The van der Waals surface area contributed by atoms with Gasteiger partial charge in [-0.2, -0.15) is 10.2 Å². The van der Waals surface area contributed by atoms with Gasteiger partial charge in [0.05, 0.1) is 50.0 Å². The van der Waals surface area contributed by atoms with Gasteiger partial charge in [0.2, 0.25) is 23.6 Å². The molecule has 2 aliphatic carbocycles. The van der Waals surface area contributed by atoms with E-state index in [-0.39, 0.29) is 93.8 Å². The summed E-state index contributed by atoms with van der Waals surface area (Å²) in [4.78, 5) is 85.6. The molecule has 6 amide bonds. The van der Waals surface area contributed by atoms with Crippen molar-refractivity contribution in [3.8, 4) is 0 Å². The van der Waals surface area contributed by atoms with Crippen LogP contribution in [-0.4, -0.2) is 139 Å². The number of amides is 6. The number of hydrogen-bond acceptors (Lipinski definition) is 15. The number of ether oxygens (including phenoxy) is 4. The summed E-state index contributed by atoms with van der Waals surface area (Å²) >= 11 is 0. The number of nitrogens with zero attached hydrogens (tertiary/aromatic N) is 3. The Morgan fingerprint density at radius 1 is 0.670 bits per heavy atom. The monoisotopic (exact) mass is 1220 g/mol. The summed E-state index contributed by atoms with van der Waals surface area (Å²) in [5, 5.41) is 21.7. The largest absolute Gasteiger partial charge is 0.447 e. The van der Waals surface area contributed by atoms with E-state index >= 15 is 0 Å². The molecule has 2 aliphatic heterocycles. The van der Waals surface area contributed by atoms with Crippen molar-refractivity contribution in [1.29, 1.82) is 0 Å². The topological polar surface area (TPSA) is 269 Å². The van der Waals surface area contributed by atoms with Gasteiger partial charge in [0.25, 0.3) is 0 Å². The van der Waals surface area contributed by atoms with Gasteiger partial charge in [0.1, 0.15) is 12.4 Å². The molecule has 0 spiro atoms. The second kappa shape index (κ2) is 37.2. The lowest BCUT2D eigenvalue weighted by Crippen LogP contribution is -2.44. The molecule has 480 valence electrons. The van der Waals surface area contributed by atoms with Gasteiger partial charge in [0.15, 0.2) is 6.41 Å². The summed E-state index contributed by atoms with van der Waals surface area (Å²) in [6.07, 6.45) is 16.2. The van der Waals surface area contributed by atoms with E-state index in [9.17, 15) is 33.6 Å². The van der Waals surface area contributed by atoms with Crippen LogP contribution in [0.3, 0.4) is 0 Å². The number of nitrogens with one attached hydrogen (secondary N) is 7. The highest BCUT2D eigenvalue weighted by Crippen LogP contribution is 2.35. The van der Waals surface area contributed by atoms with Crippen LogP contribution in [-0.2, 0) is 60.6 Å². The summed E-state index contributed by atoms with van der Waals surface area (Å²) in [5.41, 5.74) is 16.8. The Kier molecular flexibility index (Phi) is 30.4. The molecule has 2 aromatic rings. The third-order valence-corrected chi connectivity index (χ3v) is 15.8. The number of benzene rings is 2. The molecule has 0 saturated heterocycles. The summed E-state index contributed by atoms with van der Waals surface area (Å²) < 4.78 is 22.6. The number of hydrazone groups is 2. The average molecular weight is 1220 g/mol. The van der Waals surface area contributed by atoms with Crippen LogP contribution >= 0.6 is 0 Å². The number of rotatable bonds is 29. The second-order valence-corrected chi connectivity index (χ2v) is 26.0. The summed E-state index contributed by atoms with van der Waals surface area (Å²) in [6, 6.07) is 17.1. The van der Waals surface area contributed by atoms with Crippen molar-refractivity contribution in [2.45, 2.75) is 176 Å². The highest BCUT2D eigenvalue weighted by molar-refractivity contribution is 6.38. The van der Waals surface area contributed by atoms with Crippen LogP contribution in [0.5, 0.6) is 0 Å². The number of allylic oxidation sites excluding steroid dienone is 2. The van der Waals surface area contributed by atoms with Gasteiger partial charge in [-0.3, -0.25) is 34.8 Å². The summed E-state index contributed by atoms with van der Waals surface area (Å²) in [6.45, 7) is 17.3. The minimum absolute atomic E-state index is 0.00589. The lowest BCUT2D eigenvalue weighted by atomic mass is 9.80. The Bertz CT molecular complexity index is 2690. The van der Waals surface area contributed by atoms with Crippen LogP contribution in [0.15, 0.2) is 82.3 Å². The second-order valence-electron chi connectivity index (χ2n) is 26.0. The smallest absolute Gasteiger partial charge is 0.396 e. The molecular weight excluding hydrogens is 1120 g/mol. The highest BCUT2D eigenvalue weighted by atomic mass is 16.6. The van der Waals surface area contributed by atoms with Crippen LogP contribution in [0, 0.1) is 34.5 Å². The number of carbonyl (C=O) groups excluding carboxylic acids is 7. The summed E-state index contributed by atoms with van der Waals surface area (Å²) in [7, 11) is 5.62. The van der Waals surface area contributed by atoms with Crippen molar-refractivity contribution in [2.24, 2.45) is 44.7 Å². The maximum atomic E-state index is 12.9. The van der Waals surface area contributed by atoms with Crippen molar-refractivity contribution in [3.05, 3.63) is 94.3 Å². The molecule has 6 unspecified atom stereocenters. The fourth-order valence-corrected chi connectivity index (χ4v) is 11.3. The number of carbonyl (C=O) groups is 7. The fourth-order valence-electron chi connectivity index (χ4n) is 11.3. The van der Waals surface area contributed by atoms with Gasteiger partial charge in [-0.1, -0.05) is 104 Å². The molecule has 2 fully saturated rings. The Labute approximate surface area is 523 Å². The van der Waals surface area contributed by atoms with Crippen molar-refractivity contribution in [2.75, 3.05) is 47.1 Å².